The van der Waals surface area contributed by atoms with Crippen molar-refractivity contribution in [3.05, 3.63) is 59.4 Å². The number of rotatable bonds is 2. The van der Waals surface area contributed by atoms with Crippen LogP contribution >= 0.6 is 0 Å². The van der Waals surface area contributed by atoms with Crippen molar-refractivity contribution in [1.82, 2.24) is 15.0 Å². The number of hydrogen-bond acceptors (Lipinski definition) is 5. The summed E-state index contributed by atoms with van der Waals surface area (Å²) in [5.74, 6) is -0.0470. The van der Waals surface area contributed by atoms with Crippen LogP contribution in [0.5, 0.6) is 0 Å². The quantitative estimate of drug-likeness (QED) is 0.725. The fraction of sp³-hybridized carbons (Fsp3) is 0.278. The molecule has 122 valence electrons. The van der Waals surface area contributed by atoms with Crippen LogP contribution < -0.4 is 0 Å². The van der Waals surface area contributed by atoms with Gasteiger partial charge in [0.05, 0.1) is 29.8 Å². The van der Waals surface area contributed by atoms with Gasteiger partial charge in [0, 0.05) is 12.7 Å². The Morgan fingerprint density at radius 2 is 2.12 bits per heavy atom. The highest BCUT2D eigenvalue weighted by Gasteiger charge is 2.26. The number of benzene rings is 1. The van der Waals surface area contributed by atoms with Gasteiger partial charge in [0.25, 0.3) is 11.6 Å². The lowest BCUT2D eigenvalue weighted by molar-refractivity contribution is -0.0228. The van der Waals surface area contributed by atoms with Gasteiger partial charge in [-0.1, -0.05) is 35.5 Å². The van der Waals surface area contributed by atoms with E-state index in [0.717, 1.165) is 16.6 Å². The topological polar surface area (TPSA) is 68.5 Å². The first-order valence-electron chi connectivity index (χ1n) is 7.90. The molecule has 1 fully saturated rings. The molecule has 3 heterocycles. The number of amides is 1. The van der Waals surface area contributed by atoms with Crippen molar-refractivity contribution in [2.45, 2.75) is 13.0 Å². The zero-order valence-electron chi connectivity index (χ0n) is 13.3. The molecule has 0 bridgehead atoms. The van der Waals surface area contributed by atoms with Crippen LogP contribution in [0, 0.1) is 6.92 Å². The molecule has 6 nitrogen and oxygen atoms in total. The number of pyridine rings is 1. The van der Waals surface area contributed by atoms with E-state index in [-0.39, 0.29) is 12.0 Å². The largest absolute Gasteiger partial charge is 0.370 e. The predicted octanol–water partition coefficient (Wildman–Crippen LogP) is 2.74. The van der Waals surface area contributed by atoms with Crippen molar-refractivity contribution in [3.63, 3.8) is 0 Å². The summed E-state index contributed by atoms with van der Waals surface area (Å²) in [6.07, 6.45) is 1.44. The van der Waals surface area contributed by atoms with E-state index in [2.05, 4.69) is 10.1 Å². The minimum atomic E-state index is -0.0991. The minimum absolute atomic E-state index is 0.0470. The third-order valence-corrected chi connectivity index (χ3v) is 4.28. The fourth-order valence-corrected chi connectivity index (χ4v) is 2.95. The summed E-state index contributed by atoms with van der Waals surface area (Å²) in [5, 5.41) is 4.65. The van der Waals surface area contributed by atoms with E-state index in [0.29, 0.717) is 31.0 Å². The predicted molar refractivity (Wildman–Crippen MR) is 87.6 cm³/mol. The number of hydrogen-bond donors (Lipinski definition) is 0. The van der Waals surface area contributed by atoms with Gasteiger partial charge in [0.15, 0.2) is 0 Å². The summed E-state index contributed by atoms with van der Waals surface area (Å²) in [7, 11) is 0. The standard InChI is InChI=1S/C18H17N3O3/c1-12-15-9-14(10-19-17(15)24-20-12)18(22)21-7-8-23-16(11-21)13-5-3-2-4-6-13/h2-6,9-10,16H,7-8,11H2,1H3/t16-/m1/s1. The molecule has 24 heavy (non-hydrogen) atoms. The summed E-state index contributed by atoms with van der Waals surface area (Å²) in [6, 6.07) is 11.8. The summed E-state index contributed by atoms with van der Waals surface area (Å²) < 4.78 is 10.9. The third-order valence-electron chi connectivity index (χ3n) is 4.28. The second-order valence-electron chi connectivity index (χ2n) is 5.87. The van der Waals surface area contributed by atoms with Crippen LogP contribution in [0.25, 0.3) is 11.1 Å². The molecule has 1 aliphatic rings. The second kappa shape index (κ2) is 6.05. The van der Waals surface area contributed by atoms with E-state index in [1.807, 2.05) is 42.2 Å². The maximum absolute atomic E-state index is 12.8. The number of nitrogens with zero attached hydrogens (tertiary/aromatic N) is 3. The molecule has 0 spiro atoms. The number of fused-ring (bicyclic) bond motifs is 1. The molecule has 0 saturated carbocycles. The van der Waals surface area contributed by atoms with E-state index in [4.69, 9.17) is 9.26 Å². The first kappa shape index (κ1) is 14.8. The van der Waals surface area contributed by atoms with Crippen LogP contribution in [-0.4, -0.2) is 40.6 Å². The molecule has 3 aromatic rings. The number of aromatic nitrogens is 2. The third kappa shape index (κ3) is 2.65. The van der Waals surface area contributed by atoms with Gasteiger partial charge in [0.2, 0.25) is 0 Å². The highest BCUT2D eigenvalue weighted by molar-refractivity contribution is 5.97. The number of morpholine rings is 1. The SMILES string of the molecule is Cc1noc2ncc(C(=O)N3CCO[C@@H](c4ccccc4)C3)cc12. The van der Waals surface area contributed by atoms with Crippen LogP contribution in [0.1, 0.15) is 27.7 Å². The Labute approximate surface area is 139 Å². The number of aryl methyl sites for hydroxylation is 1. The lowest BCUT2D eigenvalue weighted by Gasteiger charge is -2.33. The van der Waals surface area contributed by atoms with Crippen molar-refractivity contribution >= 4 is 17.0 Å². The zero-order chi connectivity index (χ0) is 16.5. The van der Waals surface area contributed by atoms with Gasteiger partial charge in [-0.05, 0) is 18.6 Å². The van der Waals surface area contributed by atoms with E-state index >= 15 is 0 Å². The van der Waals surface area contributed by atoms with Crippen LogP contribution in [0.3, 0.4) is 0 Å². The van der Waals surface area contributed by atoms with Gasteiger partial charge < -0.3 is 14.2 Å². The molecule has 2 aromatic heterocycles. The number of carbonyl (C=O) groups is 1. The fourth-order valence-electron chi connectivity index (χ4n) is 2.95. The van der Waals surface area contributed by atoms with E-state index in [1.165, 1.54) is 0 Å². The molecular weight excluding hydrogens is 306 g/mol. The summed E-state index contributed by atoms with van der Waals surface area (Å²) >= 11 is 0. The summed E-state index contributed by atoms with van der Waals surface area (Å²) in [5.41, 5.74) is 2.81. The lowest BCUT2D eigenvalue weighted by atomic mass is 10.1. The van der Waals surface area contributed by atoms with Crippen LogP contribution in [0.4, 0.5) is 0 Å². The van der Waals surface area contributed by atoms with Crippen LogP contribution in [-0.2, 0) is 4.74 Å². The van der Waals surface area contributed by atoms with Gasteiger partial charge in [-0.25, -0.2) is 4.98 Å². The lowest BCUT2D eigenvalue weighted by Crippen LogP contribution is -2.42. The molecule has 0 unspecified atom stereocenters. The monoisotopic (exact) mass is 323 g/mol. The first-order chi connectivity index (χ1) is 11.7. The molecule has 1 aromatic carbocycles. The Hall–Kier alpha value is -2.73. The van der Waals surface area contributed by atoms with Gasteiger partial charge in [0.1, 0.15) is 6.10 Å². The normalized spacial score (nSPS) is 18.0. The zero-order valence-corrected chi connectivity index (χ0v) is 13.3. The molecule has 0 aliphatic carbocycles. The van der Waals surface area contributed by atoms with Crippen molar-refractivity contribution in [2.24, 2.45) is 0 Å². The molecular formula is C18H17N3O3. The van der Waals surface area contributed by atoms with Crippen LogP contribution in [0.15, 0.2) is 47.1 Å². The number of ether oxygens (including phenoxy) is 1. The molecule has 1 amide bonds. The van der Waals surface area contributed by atoms with Gasteiger partial charge >= 0.3 is 0 Å². The average Bonchev–Trinajstić information content (AvgIpc) is 3.02. The Bertz CT molecular complexity index is 876. The van der Waals surface area contributed by atoms with Gasteiger partial charge in [-0.15, -0.1) is 0 Å². The van der Waals surface area contributed by atoms with Gasteiger partial charge in [-0.3, -0.25) is 4.79 Å². The Kier molecular flexibility index (Phi) is 3.74. The average molecular weight is 323 g/mol. The Balaban J connectivity index is 1.57. The van der Waals surface area contributed by atoms with Crippen molar-refractivity contribution in [3.8, 4) is 0 Å². The summed E-state index contributed by atoms with van der Waals surface area (Å²) in [4.78, 5) is 18.8. The van der Waals surface area contributed by atoms with Crippen molar-refractivity contribution in [1.29, 1.82) is 0 Å². The Morgan fingerprint density at radius 1 is 1.29 bits per heavy atom. The second-order valence-corrected chi connectivity index (χ2v) is 5.87. The van der Waals surface area contributed by atoms with Crippen LogP contribution in [0.2, 0.25) is 0 Å². The maximum Gasteiger partial charge on any atom is 0.257 e. The minimum Gasteiger partial charge on any atom is -0.370 e. The van der Waals surface area contributed by atoms with E-state index < -0.39 is 0 Å². The molecule has 1 aliphatic heterocycles. The van der Waals surface area contributed by atoms with Gasteiger partial charge in [-0.2, -0.15) is 0 Å². The summed E-state index contributed by atoms with van der Waals surface area (Å²) in [6.45, 7) is 3.46. The molecule has 0 radical (unpaired) electrons. The maximum atomic E-state index is 12.8. The molecule has 0 N–H and O–H groups in total. The molecule has 6 heteroatoms. The smallest absolute Gasteiger partial charge is 0.257 e. The first-order valence-corrected chi connectivity index (χ1v) is 7.90. The molecule has 4 rings (SSSR count). The van der Waals surface area contributed by atoms with E-state index in [1.54, 1.807) is 12.3 Å². The van der Waals surface area contributed by atoms with E-state index in [9.17, 15) is 4.79 Å². The molecule has 1 saturated heterocycles. The van der Waals surface area contributed by atoms with Crippen molar-refractivity contribution in [2.75, 3.05) is 19.7 Å². The highest BCUT2D eigenvalue weighted by atomic mass is 16.5. The highest BCUT2D eigenvalue weighted by Crippen LogP contribution is 2.24. The number of carbonyl (C=O) groups excluding carboxylic acids is 1. The van der Waals surface area contributed by atoms with Crippen molar-refractivity contribution < 1.29 is 14.1 Å². The molecule has 1 atom stereocenters. The Morgan fingerprint density at radius 3 is 2.96 bits per heavy atom.